The third-order valence-electron chi connectivity index (χ3n) is 4.40. The van der Waals surface area contributed by atoms with Crippen molar-refractivity contribution < 1.29 is 9.18 Å². The zero-order valence-electron chi connectivity index (χ0n) is 14.4. The van der Waals surface area contributed by atoms with Gasteiger partial charge in [-0.15, -0.1) is 21.5 Å². The number of hydrogen-bond donors (Lipinski definition) is 1. The van der Waals surface area contributed by atoms with E-state index in [9.17, 15) is 9.18 Å². The number of rotatable bonds is 6. The molecule has 1 unspecified atom stereocenters. The second kappa shape index (κ2) is 8.49. The molecule has 1 aromatic heterocycles. The fourth-order valence-electron chi connectivity index (χ4n) is 3.18. The topological polar surface area (TPSA) is 58.1 Å². The summed E-state index contributed by atoms with van der Waals surface area (Å²) in [5, 5.41) is 12.9. The van der Waals surface area contributed by atoms with Gasteiger partial charge in [0.05, 0.1) is 0 Å². The normalized spacial score (nSPS) is 16.6. The maximum Gasteiger partial charge on any atom is 0.241 e. The summed E-state index contributed by atoms with van der Waals surface area (Å²) < 4.78 is 13.3. The largest absolute Gasteiger partial charge is 0.354 e. The van der Waals surface area contributed by atoms with Gasteiger partial charge in [0.15, 0.2) is 0 Å². The number of nitrogens with one attached hydrogen (secondary N) is 1. The molecular formula is C18H23FN4OS. The molecule has 134 valence electrons. The molecule has 1 saturated heterocycles. The van der Waals surface area contributed by atoms with E-state index in [1.54, 1.807) is 23.5 Å². The van der Waals surface area contributed by atoms with Crippen LogP contribution < -0.4 is 5.32 Å². The van der Waals surface area contributed by atoms with Gasteiger partial charge in [0, 0.05) is 13.0 Å². The third kappa shape index (κ3) is 4.83. The van der Waals surface area contributed by atoms with E-state index in [4.69, 9.17) is 0 Å². The molecule has 0 bridgehead atoms. The molecule has 1 aromatic carbocycles. The molecule has 2 aromatic rings. The summed E-state index contributed by atoms with van der Waals surface area (Å²) in [7, 11) is 0. The van der Waals surface area contributed by atoms with Crippen LogP contribution in [0.4, 0.5) is 4.39 Å². The van der Waals surface area contributed by atoms with Crippen molar-refractivity contribution in [2.24, 2.45) is 0 Å². The van der Waals surface area contributed by atoms with Crippen LogP contribution in [-0.2, 0) is 11.2 Å². The van der Waals surface area contributed by atoms with E-state index in [0.717, 1.165) is 41.5 Å². The molecule has 1 atom stereocenters. The second-order valence-electron chi connectivity index (χ2n) is 6.31. The number of piperidine rings is 1. The Labute approximate surface area is 151 Å². The van der Waals surface area contributed by atoms with E-state index < -0.39 is 0 Å². The van der Waals surface area contributed by atoms with Gasteiger partial charge in [0.2, 0.25) is 5.91 Å². The van der Waals surface area contributed by atoms with Crippen LogP contribution in [0, 0.1) is 12.7 Å². The van der Waals surface area contributed by atoms with Crippen molar-refractivity contribution >= 4 is 17.2 Å². The van der Waals surface area contributed by atoms with Crippen molar-refractivity contribution in [3.63, 3.8) is 0 Å². The van der Waals surface area contributed by atoms with Gasteiger partial charge in [-0.25, -0.2) is 4.39 Å². The average Bonchev–Trinajstić information content (AvgIpc) is 3.03. The number of amides is 1. The van der Waals surface area contributed by atoms with Crippen LogP contribution in [0.5, 0.6) is 0 Å². The fourth-order valence-corrected chi connectivity index (χ4v) is 3.89. The summed E-state index contributed by atoms with van der Waals surface area (Å²) in [5.74, 6) is -0.317. The SMILES string of the molecule is Cc1nnc(CCNC(=O)C(c2ccc(F)cc2)N2CCCCC2)s1. The standard InChI is InChI=1S/C18H23FN4OS/c1-13-21-22-16(25-13)9-10-20-18(24)17(23-11-3-2-4-12-23)14-5-7-15(19)8-6-14/h5-8,17H,2-4,9-12H2,1H3,(H,20,24). The molecule has 1 fully saturated rings. The predicted molar refractivity (Wildman–Crippen MR) is 95.9 cm³/mol. The number of aromatic nitrogens is 2. The second-order valence-corrected chi connectivity index (χ2v) is 7.57. The first kappa shape index (κ1) is 17.9. The quantitative estimate of drug-likeness (QED) is 0.858. The van der Waals surface area contributed by atoms with Crippen LogP contribution in [0.15, 0.2) is 24.3 Å². The van der Waals surface area contributed by atoms with E-state index in [1.807, 2.05) is 6.92 Å². The molecule has 1 N–H and O–H groups in total. The van der Waals surface area contributed by atoms with Crippen LogP contribution in [0.3, 0.4) is 0 Å². The lowest BCUT2D eigenvalue weighted by Gasteiger charge is -2.33. The zero-order chi connectivity index (χ0) is 17.6. The number of carbonyl (C=O) groups is 1. The van der Waals surface area contributed by atoms with E-state index in [2.05, 4.69) is 20.4 Å². The van der Waals surface area contributed by atoms with Gasteiger partial charge in [-0.3, -0.25) is 9.69 Å². The van der Waals surface area contributed by atoms with E-state index in [1.165, 1.54) is 18.6 Å². The van der Waals surface area contributed by atoms with Gasteiger partial charge in [-0.05, 0) is 50.6 Å². The molecule has 25 heavy (non-hydrogen) atoms. The summed E-state index contributed by atoms with van der Waals surface area (Å²) in [5.41, 5.74) is 0.840. The Bertz CT molecular complexity index is 697. The van der Waals surface area contributed by atoms with Crippen molar-refractivity contribution in [3.8, 4) is 0 Å². The highest BCUT2D eigenvalue weighted by Gasteiger charge is 2.28. The summed E-state index contributed by atoms with van der Waals surface area (Å²) in [4.78, 5) is 15.0. The zero-order valence-corrected chi connectivity index (χ0v) is 15.2. The monoisotopic (exact) mass is 362 g/mol. The fraction of sp³-hybridized carbons (Fsp3) is 0.500. The van der Waals surface area contributed by atoms with Gasteiger partial charge in [0.25, 0.3) is 0 Å². The minimum atomic E-state index is -0.364. The van der Waals surface area contributed by atoms with Crippen LogP contribution in [-0.4, -0.2) is 40.6 Å². The molecule has 1 aliphatic rings. The molecule has 0 spiro atoms. The number of aryl methyl sites for hydroxylation is 1. The first-order valence-electron chi connectivity index (χ1n) is 8.70. The lowest BCUT2D eigenvalue weighted by molar-refractivity contribution is -0.127. The Morgan fingerprint density at radius 3 is 2.60 bits per heavy atom. The summed E-state index contributed by atoms with van der Waals surface area (Å²) in [6, 6.07) is 5.90. The van der Waals surface area contributed by atoms with E-state index in [-0.39, 0.29) is 17.8 Å². The Morgan fingerprint density at radius 1 is 1.24 bits per heavy atom. The number of benzene rings is 1. The number of hydrogen-bond acceptors (Lipinski definition) is 5. The van der Waals surface area contributed by atoms with Crippen LogP contribution in [0.2, 0.25) is 0 Å². The number of halogens is 1. The van der Waals surface area contributed by atoms with Crippen molar-refractivity contribution in [3.05, 3.63) is 45.7 Å². The molecule has 0 aliphatic carbocycles. The maximum atomic E-state index is 13.3. The molecule has 0 radical (unpaired) electrons. The summed E-state index contributed by atoms with van der Waals surface area (Å²) >= 11 is 1.55. The molecule has 1 amide bonds. The van der Waals surface area contributed by atoms with Crippen molar-refractivity contribution in [2.75, 3.05) is 19.6 Å². The van der Waals surface area contributed by atoms with Crippen molar-refractivity contribution in [1.29, 1.82) is 0 Å². The van der Waals surface area contributed by atoms with Crippen molar-refractivity contribution in [2.45, 2.75) is 38.6 Å². The summed E-state index contributed by atoms with van der Waals surface area (Å²) in [6.45, 7) is 4.23. The highest BCUT2D eigenvalue weighted by molar-refractivity contribution is 7.11. The first-order chi connectivity index (χ1) is 12.1. The van der Waals surface area contributed by atoms with Crippen molar-refractivity contribution in [1.82, 2.24) is 20.4 Å². The van der Waals surface area contributed by atoms with Gasteiger partial charge in [0.1, 0.15) is 21.9 Å². The molecule has 2 heterocycles. The molecule has 5 nitrogen and oxygen atoms in total. The Balaban J connectivity index is 1.66. The first-order valence-corrected chi connectivity index (χ1v) is 9.51. The lowest BCUT2D eigenvalue weighted by atomic mass is 10.0. The van der Waals surface area contributed by atoms with Crippen LogP contribution in [0.25, 0.3) is 0 Å². The van der Waals surface area contributed by atoms with Crippen LogP contribution >= 0.6 is 11.3 Å². The smallest absolute Gasteiger partial charge is 0.241 e. The molecule has 0 saturated carbocycles. The average molecular weight is 362 g/mol. The van der Waals surface area contributed by atoms with Crippen LogP contribution in [0.1, 0.15) is 40.9 Å². The molecule has 3 rings (SSSR count). The highest BCUT2D eigenvalue weighted by Crippen LogP contribution is 2.25. The molecular weight excluding hydrogens is 339 g/mol. The number of carbonyl (C=O) groups excluding carboxylic acids is 1. The number of nitrogens with zero attached hydrogens (tertiary/aromatic N) is 3. The third-order valence-corrected chi connectivity index (χ3v) is 5.29. The van der Waals surface area contributed by atoms with Gasteiger partial charge >= 0.3 is 0 Å². The highest BCUT2D eigenvalue weighted by atomic mass is 32.1. The Kier molecular flexibility index (Phi) is 6.09. The maximum absolute atomic E-state index is 13.3. The Hall–Kier alpha value is -1.86. The van der Waals surface area contributed by atoms with Gasteiger partial charge in [-0.2, -0.15) is 0 Å². The van der Waals surface area contributed by atoms with E-state index >= 15 is 0 Å². The Morgan fingerprint density at radius 2 is 1.96 bits per heavy atom. The van der Waals surface area contributed by atoms with Gasteiger partial charge in [-0.1, -0.05) is 18.6 Å². The molecule has 7 heteroatoms. The minimum Gasteiger partial charge on any atom is -0.354 e. The molecule has 1 aliphatic heterocycles. The van der Waals surface area contributed by atoms with E-state index in [0.29, 0.717) is 13.0 Å². The summed E-state index contributed by atoms with van der Waals surface area (Å²) in [6.07, 6.45) is 4.06. The lowest BCUT2D eigenvalue weighted by Crippen LogP contribution is -2.43. The predicted octanol–water partition coefficient (Wildman–Crippen LogP) is 2.87. The van der Waals surface area contributed by atoms with Gasteiger partial charge < -0.3 is 5.32 Å². The number of likely N-dealkylation sites (tertiary alicyclic amines) is 1. The minimum absolute atomic E-state index is 0.0326.